The van der Waals surface area contributed by atoms with E-state index in [1.54, 1.807) is 6.07 Å². The first-order valence-electron chi connectivity index (χ1n) is 10.1. The number of fused-ring (bicyclic) bond motifs is 1. The molecule has 1 aromatic heterocycles. The van der Waals surface area contributed by atoms with Crippen molar-refractivity contribution in [2.45, 2.75) is 37.2 Å². The molecule has 0 spiro atoms. The standard InChI is InChI=1S/C24H16F7NO2/c25-18-6-3-13(4-7-18)20-19(8-5-14-2-1-9-32-21(14)20)34-22(33)15-10-16(23(26,27)28)12-17(11-15)24(29,30)31/h1-4,6-7,9-12,19-20H,5,8H2. The molecule has 1 heterocycles. The second-order valence-corrected chi connectivity index (χ2v) is 7.85. The van der Waals surface area contributed by atoms with Crippen molar-refractivity contribution < 1.29 is 40.3 Å². The van der Waals surface area contributed by atoms with Gasteiger partial charge in [0.15, 0.2) is 0 Å². The van der Waals surface area contributed by atoms with Crippen LogP contribution in [-0.4, -0.2) is 17.1 Å². The van der Waals surface area contributed by atoms with Crippen molar-refractivity contribution in [1.29, 1.82) is 0 Å². The third-order valence-electron chi connectivity index (χ3n) is 5.60. The molecule has 178 valence electrons. The van der Waals surface area contributed by atoms with Crippen molar-refractivity contribution in [3.05, 3.63) is 100 Å². The van der Waals surface area contributed by atoms with Crippen LogP contribution in [0.1, 0.15) is 50.6 Å². The predicted molar refractivity (Wildman–Crippen MR) is 106 cm³/mol. The Morgan fingerprint density at radius 3 is 2.12 bits per heavy atom. The first-order valence-corrected chi connectivity index (χ1v) is 10.1. The number of hydrogen-bond acceptors (Lipinski definition) is 3. The molecule has 1 aliphatic rings. The number of halogens is 7. The SMILES string of the molecule is O=C(OC1CCc2cccnc2C1c1ccc(F)cc1)c1cc(C(F)(F)F)cc(C(F)(F)F)c1. The Labute approximate surface area is 189 Å². The number of nitrogens with zero attached hydrogens (tertiary/aromatic N) is 1. The maximum Gasteiger partial charge on any atom is 0.416 e. The lowest BCUT2D eigenvalue weighted by atomic mass is 9.80. The molecule has 0 amide bonds. The van der Waals surface area contributed by atoms with Crippen molar-refractivity contribution in [2.24, 2.45) is 0 Å². The Bertz CT molecular complexity index is 1170. The number of carbonyl (C=O) groups is 1. The minimum atomic E-state index is -5.10. The Hall–Kier alpha value is -3.43. The van der Waals surface area contributed by atoms with Crippen LogP contribution in [0.4, 0.5) is 30.7 Å². The van der Waals surface area contributed by atoms with Crippen molar-refractivity contribution in [1.82, 2.24) is 4.98 Å². The van der Waals surface area contributed by atoms with Crippen LogP contribution in [-0.2, 0) is 23.5 Å². The molecule has 3 aromatic rings. The number of benzene rings is 2. The molecule has 0 N–H and O–H groups in total. The lowest BCUT2D eigenvalue weighted by molar-refractivity contribution is -0.143. The number of esters is 1. The van der Waals surface area contributed by atoms with E-state index in [1.807, 2.05) is 6.07 Å². The number of rotatable bonds is 3. The molecule has 0 fully saturated rings. The average Bonchev–Trinajstić information content (AvgIpc) is 2.78. The van der Waals surface area contributed by atoms with Crippen LogP contribution in [0.5, 0.6) is 0 Å². The highest BCUT2D eigenvalue weighted by atomic mass is 19.4. The smallest absolute Gasteiger partial charge is 0.416 e. The molecular weight excluding hydrogens is 467 g/mol. The summed E-state index contributed by atoms with van der Waals surface area (Å²) in [6.45, 7) is 0. The summed E-state index contributed by atoms with van der Waals surface area (Å²) in [6, 6.07) is 9.49. The van der Waals surface area contributed by atoms with Gasteiger partial charge in [0.1, 0.15) is 11.9 Å². The Morgan fingerprint density at radius 1 is 0.912 bits per heavy atom. The van der Waals surface area contributed by atoms with Gasteiger partial charge in [-0.2, -0.15) is 26.3 Å². The summed E-state index contributed by atoms with van der Waals surface area (Å²) in [5.74, 6) is -2.51. The van der Waals surface area contributed by atoms with Crippen LogP contribution in [0, 0.1) is 5.82 Å². The summed E-state index contributed by atoms with van der Waals surface area (Å²) in [7, 11) is 0. The number of aryl methyl sites for hydroxylation is 1. The van der Waals surface area contributed by atoms with Crippen molar-refractivity contribution in [3.8, 4) is 0 Å². The zero-order valence-electron chi connectivity index (χ0n) is 17.3. The van der Waals surface area contributed by atoms with Gasteiger partial charge < -0.3 is 4.74 Å². The van der Waals surface area contributed by atoms with E-state index in [0.717, 1.165) is 5.56 Å². The van der Waals surface area contributed by atoms with Crippen LogP contribution in [0.25, 0.3) is 0 Å². The molecule has 2 aromatic carbocycles. The van der Waals surface area contributed by atoms with Gasteiger partial charge in [-0.1, -0.05) is 18.2 Å². The third kappa shape index (κ3) is 4.90. The number of ether oxygens (including phenoxy) is 1. The second kappa shape index (κ2) is 8.73. The molecular formula is C24H16F7NO2. The quantitative estimate of drug-likeness (QED) is 0.313. The van der Waals surface area contributed by atoms with Crippen molar-refractivity contribution in [2.75, 3.05) is 0 Å². The van der Waals surface area contributed by atoms with Gasteiger partial charge in [-0.15, -0.1) is 0 Å². The maximum atomic E-state index is 13.5. The number of aromatic nitrogens is 1. The maximum absolute atomic E-state index is 13.5. The van der Waals surface area contributed by atoms with Crippen LogP contribution in [0.3, 0.4) is 0 Å². The molecule has 1 aliphatic carbocycles. The predicted octanol–water partition coefficient (Wildman–Crippen LogP) is 6.56. The fraction of sp³-hybridized carbons (Fsp3) is 0.250. The molecule has 10 heteroatoms. The van der Waals surface area contributed by atoms with E-state index in [4.69, 9.17) is 4.74 Å². The Kier molecular flexibility index (Phi) is 6.09. The minimum Gasteiger partial charge on any atom is -0.458 e. The lowest BCUT2D eigenvalue weighted by Crippen LogP contribution is -2.32. The summed E-state index contributed by atoms with van der Waals surface area (Å²) in [4.78, 5) is 17.1. The van der Waals surface area contributed by atoms with Crippen molar-refractivity contribution >= 4 is 5.97 Å². The molecule has 3 nitrogen and oxygen atoms in total. The Balaban J connectivity index is 1.71. The molecule has 34 heavy (non-hydrogen) atoms. The molecule has 2 unspecified atom stereocenters. The summed E-state index contributed by atoms with van der Waals surface area (Å²) >= 11 is 0. The summed E-state index contributed by atoms with van der Waals surface area (Å²) in [5, 5.41) is 0. The largest absolute Gasteiger partial charge is 0.458 e. The second-order valence-electron chi connectivity index (χ2n) is 7.85. The van der Waals surface area contributed by atoms with Crippen molar-refractivity contribution in [3.63, 3.8) is 0 Å². The van der Waals surface area contributed by atoms with E-state index >= 15 is 0 Å². The van der Waals surface area contributed by atoms with E-state index in [2.05, 4.69) is 4.98 Å². The van der Waals surface area contributed by atoms with E-state index in [-0.39, 0.29) is 12.5 Å². The molecule has 0 saturated carbocycles. The summed E-state index contributed by atoms with van der Waals surface area (Å²) in [5.41, 5.74) is -2.16. The fourth-order valence-corrected chi connectivity index (χ4v) is 4.03. The van der Waals surface area contributed by atoms with E-state index < -0.39 is 52.9 Å². The zero-order chi connectivity index (χ0) is 24.7. The van der Waals surface area contributed by atoms with Gasteiger partial charge in [0.2, 0.25) is 0 Å². The average molecular weight is 483 g/mol. The van der Waals surface area contributed by atoms with E-state index in [1.165, 1.54) is 30.5 Å². The summed E-state index contributed by atoms with van der Waals surface area (Å²) < 4.78 is 98.0. The monoisotopic (exact) mass is 483 g/mol. The van der Waals surface area contributed by atoms with Gasteiger partial charge in [0.25, 0.3) is 0 Å². The normalized spacial score (nSPS) is 18.3. The number of pyridine rings is 1. The first kappa shape index (κ1) is 23.7. The highest BCUT2D eigenvalue weighted by Gasteiger charge is 2.39. The molecule has 4 rings (SSSR count). The van der Waals surface area contributed by atoms with Gasteiger partial charge in [0.05, 0.1) is 28.3 Å². The van der Waals surface area contributed by atoms with Gasteiger partial charge in [-0.05, 0) is 60.4 Å². The fourth-order valence-electron chi connectivity index (χ4n) is 4.03. The highest BCUT2D eigenvalue weighted by Crippen LogP contribution is 2.39. The van der Waals surface area contributed by atoms with Crippen LogP contribution in [0.15, 0.2) is 60.8 Å². The molecule has 2 atom stereocenters. The number of hydrogen-bond donors (Lipinski definition) is 0. The first-order chi connectivity index (χ1) is 15.9. The lowest BCUT2D eigenvalue weighted by Gasteiger charge is -2.32. The summed E-state index contributed by atoms with van der Waals surface area (Å²) in [6.07, 6.45) is -8.94. The van der Waals surface area contributed by atoms with Crippen LogP contribution in [0.2, 0.25) is 0 Å². The van der Waals surface area contributed by atoms with E-state index in [0.29, 0.717) is 29.8 Å². The van der Waals surface area contributed by atoms with E-state index in [9.17, 15) is 35.5 Å². The highest BCUT2D eigenvalue weighted by molar-refractivity contribution is 5.90. The number of carbonyl (C=O) groups excluding carboxylic acids is 1. The van der Waals surface area contributed by atoms with Gasteiger partial charge in [-0.25, -0.2) is 9.18 Å². The molecule has 0 bridgehead atoms. The van der Waals surface area contributed by atoms with Gasteiger partial charge >= 0.3 is 18.3 Å². The minimum absolute atomic E-state index is 0.0567. The van der Waals surface area contributed by atoms with Gasteiger partial charge in [0, 0.05) is 6.20 Å². The van der Waals surface area contributed by atoms with Crippen LogP contribution < -0.4 is 0 Å². The molecule has 0 radical (unpaired) electrons. The topological polar surface area (TPSA) is 39.2 Å². The molecule has 0 aliphatic heterocycles. The number of alkyl halides is 6. The Morgan fingerprint density at radius 2 is 1.53 bits per heavy atom. The molecule has 0 saturated heterocycles. The third-order valence-corrected chi connectivity index (χ3v) is 5.60. The van der Waals surface area contributed by atoms with Crippen LogP contribution >= 0.6 is 0 Å². The zero-order valence-corrected chi connectivity index (χ0v) is 17.3. The van der Waals surface area contributed by atoms with Gasteiger partial charge in [-0.3, -0.25) is 4.98 Å².